The molecule has 0 fully saturated rings. The Bertz CT molecular complexity index is 737. The van der Waals surface area contributed by atoms with Crippen LogP contribution >= 0.6 is 11.3 Å². The van der Waals surface area contributed by atoms with Crippen molar-refractivity contribution < 1.29 is 17.9 Å². The van der Waals surface area contributed by atoms with Crippen molar-refractivity contribution in [2.24, 2.45) is 0 Å². The molecule has 20 heavy (non-hydrogen) atoms. The third kappa shape index (κ3) is 3.02. The van der Waals surface area contributed by atoms with Gasteiger partial charge in [0.25, 0.3) is 0 Å². The summed E-state index contributed by atoms with van der Waals surface area (Å²) in [6, 6.07) is 6.46. The summed E-state index contributed by atoms with van der Waals surface area (Å²) >= 11 is 1.00. The number of esters is 1. The standard InChI is InChI=1S/C12H12N2O4S2/c1-3-18-12(15)11-14-13-10(19-11)8-6-4-5-7-9(8)20(2,16)17/h4-7H,3H2,1-2H3. The minimum absolute atomic E-state index is 0.102. The predicted octanol–water partition coefficient (Wildman–Crippen LogP) is 1.79. The molecule has 0 saturated carbocycles. The van der Waals surface area contributed by atoms with Crippen LogP contribution in [0.3, 0.4) is 0 Å². The largest absolute Gasteiger partial charge is 0.461 e. The number of ether oxygens (including phenoxy) is 1. The molecular weight excluding hydrogens is 300 g/mol. The van der Waals surface area contributed by atoms with Gasteiger partial charge in [-0.05, 0) is 13.0 Å². The van der Waals surface area contributed by atoms with E-state index in [4.69, 9.17) is 4.74 Å². The summed E-state index contributed by atoms with van der Waals surface area (Å²) in [5.74, 6) is -0.562. The summed E-state index contributed by atoms with van der Waals surface area (Å²) in [5, 5.41) is 8.07. The fourth-order valence-electron chi connectivity index (χ4n) is 1.57. The SMILES string of the molecule is CCOC(=O)c1nnc(-c2ccccc2S(C)(=O)=O)s1. The van der Waals surface area contributed by atoms with E-state index in [1.165, 1.54) is 6.07 Å². The van der Waals surface area contributed by atoms with Gasteiger partial charge >= 0.3 is 5.97 Å². The molecule has 6 nitrogen and oxygen atoms in total. The molecule has 0 radical (unpaired) electrons. The van der Waals surface area contributed by atoms with Gasteiger partial charge in [-0.25, -0.2) is 13.2 Å². The number of carbonyl (C=O) groups excluding carboxylic acids is 1. The van der Waals surface area contributed by atoms with Crippen LogP contribution in [0.15, 0.2) is 29.2 Å². The molecule has 0 aliphatic heterocycles. The summed E-state index contributed by atoms with van der Waals surface area (Å²) in [6.45, 7) is 1.94. The summed E-state index contributed by atoms with van der Waals surface area (Å²) in [5.41, 5.74) is 0.433. The number of hydrogen-bond acceptors (Lipinski definition) is 7. The third-order valence-electron chi connectivity index (χ3n) is 2.39. The number of hydrogen-bond donors (Lipinski definition) is 0. The number of sulfone groups is 1. The predicted molar refractivity (Wildman–Crippen MR) is 74.4 cm³/mol. The van der Waals surface area contributed by atoms with Crippen molar-refractivity contribution in [2.75, 3.05) is 12.9 Å². The second kappa shape index (κ2) is 5.68. The fourth-order valence-corrected chi connectivity index (χ4v) is 3.31. The van der Waals surface area contributed by atoms with Crippen LogP contribution in [-0.4, -0.2) is 37.4 Å². The minimum atomic E-state index is -3.38. The molecule has 0 N–H and O–H groups in total. The maximum atomic E-state index is 11.7. The van der Waals surface area contributed by atoms with Gasteiger partial charge < -0.3 is 4.74 Å². The Balaban J connectivity index is 2.46. The second-order valence-electron chi connectivity index (χ2n) is 3.90. The zero-order valence-electron chi connectivity index (χ0n) is 10.9. The van der Waals surface area contributed by atoms with Gasteiger partial charge in [0.05, 0.1) is 11.5 Å². The average molecular weight is 312 g/mol. The molecule has 106 valence electrons. The number of carbonyl (C=O) groups is 1. The molecule has 8 heteroatoms. The van der Waals surface area contributed by atoms with E-state index < -0.39 is 15.8 Å². The molecule has 0 saturated heterocycles. The van der Waals surface area contributed by atoms with Crippen LogP contribution < -0.4 is 0 Å². The van der Waals surface area contributed by atoms with Gasteiger partial charge in [-0.15, -0.1) is 10.2 Å². The lowest BCUT2D eigenvalue weighted by Gasteiger charge is -2.03. The summed E-state index contributed by atoms with van der Waals surface area (Å²) < 4.78 is 28.3. The maximum absolute atomic E-state index is 11.7. The molecule has 0 aliphatic rings. The Labute approximate surface area is 120 Å². The molecule has 0 bridgehead atoms. The van der Waals surface area contributed by atoms with Crippen LogP contribution in [0.5, 0.6) is 0 Å². The van der Waals surface area contributed by atoms with E-state index in [2.05, 4.69) is 10.2 Å². The van der Waals surface area contributed by atoms with Crippen molar-refractivity contribution in [3.63, 3.8) is 0 Å². The molecule has 2 aromatic rings. The van der Waals surface area contributed by atoms with Crippen LogP contribution in [0.25, 0.3) is 10.6 Å². The van der Waals surface area contributed by atoms with Gasteiger partial charge in [-0.1, -0.05) is 29.5 Å². The van der Waals surface area contributed by atoms with E-state index in [0.29, 0.717) is 10.6 Å². The minimum Gasteiger partial charge on any atom is -0.461 e. The normalized spacial score (nSPS) is 11.3. The van der Waals surface area contributed by atoms with Crippen LogP contribution in [0, 0.1) is 0 Å². The number of aromatic nitrogens is 2. The Morgan fingerprint density at radius 3 is 2.65 bits per heavy atom. The molecule has 1 aromatic heterocycles. The zero-order valence-corrected chi connectivity index (χ0v) is 12.5. The lowest BCUT2D eigenvalue weighted by Crippen LogP contribution is -2.03. The molecule has 0 unspecified atom stereocenters. The third-order valence-corrected chi connectivity index (χ3v) is 4.48. The van der Waals surface area contributed by atoms with Gasteiger partial charge in [0.2, 0.25) is 5.01 Å². The highest BCUT2D eigenvalue weighted by Gasteiger charge is 2.19. The highest BCUT2D eigenvalue weighted by Crippen LogP contribution is 2.29. The Morgan fingerprint density at radius 1 is 1.30 bits per heavy atom. The van der Waals surface area contributed by atoms with Crippen LogP contribution in [-0.2, 0) is 14.6 Å². The summed E-state index contributed by atoms with van der Waals surface area (Å²) in [7, 11) is -3.38. The molecule has 0 atom stereocenters. The van der Waals surface area contributed by atoms with Gasteiger partial charge in [0.1, 0.15) is 5.01 Å². The molecule has 1 aromatic carbocycles. The molecule has 2 rings (SSSR count). The highest BCUT2D eigenvalue weighted by atomic mass is 32.2. The first-order chi connectivity index (χ1) is 9.43. The van der Waals surface area contributed by atoms with E-state index in [-0.39, 0.29) is 16.5 Å². The summed E-state index contributed by atoms with van der Waals surface area (Å²) in [6.07, 6.45) is 1.12. The first kappa shape index (κ1) is 14.6. The van der Waals surface area contributed by atoms with Gasteiger partial charge in [0, 0.05) is 11.8 Å². The second-order valence-corrected chi connectivity index (χ2v) is 6.86. The molecule has 1 heterocycles. The Morgan fingerprint density at radius 2 is 2.00 bits per heavy atom. The van der Waals surface area contributed by atoms with Crippen molar-refractivity contribution in [3.8, 4) is 10.6 Å². The summed E-state index contributed by atoms with van der Waals surface area (Å²) in [4.78, 5) is 11.7. The lowest BCUT2D eigenvalue weighted by molar-refractivity contribution is 0.0525. The van der Waals surface area contributed by atoms with Crippen molar-refractivity contribution in [2.45, 2.75) is 11.8 Å². The first-order valence-corrected chi connectivity index (χ1v) is 8.44. The molecule has 0 aliphatic carbocycles. The molecular formula is C12H12N2O4S2. The van der Waals surface area contributed by atoms with Crippen LogP contribution in [0.4, 0.5) is 0 Å². The van der Waals surface area contributed by atoms with Crippen molar-refractivity contribution in [1.29, 1.82) is 0 Å². The van der Waals surface area contributed by atoms with E-state index in [9.17, 15) is 13.2 Å². The Hall–Kier alpha value is -1.80. The van der Waals surface area contributed by atoms with Crippen LogP contribution in [0.2, 0.25) is 0 Å². The number of nitrogens with zero attached hydrogens (tertiary/aromatic N) is 2. The van der Waals surface area contributed by atoms with Crippen molar-refractivity contribution >= 4 is 27.1 Å². The number of benzene rings is 1. The topological polar surface area (TPSA) is 86.2 Å². The smallest absolute Gasteiger partial charge is 0.369 e. The van der Waals surface area contributed by atoms with Gasteiger partial charge in [-0.2, -0.15) is 0 Å². The highest BCUT2D eigenvalue weighted by molar-refractivity contribution is 7.90. The van der Waals surface area contributed by atoms with Crippen molar-refractivity contribution in [3.05, 3.63) is 29.3 Å². The monoisotopic (exact) mass is 312 g/mol. The quantitative estimate of drug-likeness (QED) is 0.800. The number of rotatable bonds is 4. The average Bonchev–Trinajstić information content (AvgIpc) is 2.87. The van der Waals surface area contributed by atoms with Gasteiger partial charge in [-0.3, -0.25) is 0 Å². The first-order valence-electron chi connectivity index (χ1n) is 5.73. The zero-order chi connectivity index (χ0) is 14.8. The molecule has 0 spiro atoms. The van der Waals surface area contributed by atoms with E-state index in [1.807, 2.05) is 0 Å². The fraction of sp³-hybridized carbons (Fsp3) is 0.250. The lowest BCUT2D eigenvalue weighted by atomic mass is 10.2. The van der Waals surface area contributed by atoms with Crippen LogP contribution in [0.1, 0.15) is 16.7 Å². The van der Waals surface area contributed by atoms with Crippen molar-refractivity contribution in [1.82, 2.24) is 10.2 Å². The van der Waals surface area contributed by atoms with E-state index in [0.717, 1.165) is 17.6 Å². The van der Waals surface area contributed by atoms with E-state index in [1.54, 1.807) is 25.1 Å². The molecule has 0 amide bonds. The van der Waals surface area contributed by atoms with Gasteiger partial charge in [0.15, 0.2) is 9.84 Å². The maximum Gasteiger partial charge on any atom is 0.369 e. The Kier molecular flexibility index (Phi) is 4.15. The van der Waals surface area contributed by atoms with E-state index >= 15 is 0 Å².